The molecular weight excluding hydrogens is 411 g/mol. The zero-order chi connectivity index (χ0) is 21.1. The fraction of sp³-hybridized carbons (Fsp3) is 0.381. The molecule has 0 spiro atoms. The molecule has 1 N–H and O–H groups in total. The maximum atomic E-state index is 14.3. The van der Waals surface area contributed by atoms with Crippen LogP contribution in [0.4, 0.5) is 10.1 Å². The molecule has 2 aliphatic rings. The molecule has 0 unspecified atom stereocenters. The van der Waals surface area contributed by atoms with E-state index in [1.165, 1.54) is 21.5 Å². The molecule has 7 nitrogen and oxygen atoms in total. The van der Waals surface area contributed by atoms with Crippen molar-refractivity contribution in [3.05, 3.63) is 53.3 Å². The number of hydrogen-bond donors (Lipinski definition) is 1. The first-order chi connectivity index (χ1) is 14.4. The summed E-state index contributed by atoms with van der Waals surface area (Å²) in [4.78, 5) is 11.8. The second-order valence-electron chi connectivity index (χ2n) is 7.28. The van der Waals surface area contributed by atoms with E-state index in [9.17, 15) is 17.6 Å². The van der Waals surface area contributed by atoms with Gasteiger partial charge in [-0.3, -0.25) is 4.79 Å². The predicted octanol–water partition coefficient (Wildman–Crippen LogP) is 2.35. The first-order valence-electron chi connectivity index (χ1n) is 9.85. The molecule has 2 aromatic carbocycles. The number of nitrogens with zero attached hydrogens (tertiary/aromatic N) is 1. The second-order valence-corrected chi connectivity index (χ2v) is 9.19. The highest BCUT2D eigenvalue weighted by molar-refractivity contribution is 7.89. The average molecular weight is 434 g/mol. The summed E-state index contributed by atoms with van der Waals surface area (Å²) in [7, 11) is -4.02. The van der Waals surface area contributed by atoms with E-state index < -0.39 is 26.6 Å². The number of fused-ring (bicyclic) bond motifs is 1. The van der Waals surface area contributed by atoms with E-state index in [-0.39, 0.29) is 38.6 Å². The fourth-order valence-corrected chi connectivity index (χ4v) is 5.19. The Morgan fingerprint density at radius 2 is 1.87 bits per heavy atom. The van der Waals surface area contributed by atoms with Crippen LogP contribution in [0.3, 0.4) is 0 Å². The molecule has 1 heterocycles. The number of carbonyl (C=O) groups excluding carboxylic acids is 1. The van der Waals surface area contributed by atoms with E-state index in [2.05, 4.69) is 5.32 Å². The topological polar surface area (TPSA) is 84.9 Å². The third kappa shape index (κ3) is 4.48. The lowest BCUT2D eigenvalue weighted by Crippen LogP contribution is -2.40. The van der Waals surface area contributed by atoms with Gasteiger partial charge in [0.05, 0.1) is 13.2 Å². The van der Waals surface area contributed by atoms with Crippen molar-refractivity contribution in [1.29, 1.82) is 0 Å². The third-order valence-corrected chi connectivity index (χ3v) is 7.16. The number of rotatable bonds is 6. The van der Waals surface area contributed by atoms with Crippen LogP contribution in [0, 0.1) is 5.82 Å². The second kappa shape index (κ2) is 8.71. The van der Waals surface area contributed by atoms with Crippen LogP contribution in [0.1, 0.15) is 17.5 Å². The van der Waals surface area contributed by atoms with Crippen molar-refractivity contribution in [1.82, 2.24) is 4.31 Å². The molecule has 9 heteroatoms. The van der Waals surface area contributed by atoms with Crippen LogP contribution in [0.5, 0.6) is 5.75 Å². The molecule has 1 aliphatic carbocycles. The molecule has 2 aromatic rings. The van der Waals surface area contributed by atoms with Gasteiger partial charge < -0.3 is 14.8 Å². The van der Waals surface area contributed by atoms with Crippen LogP contribution in [-0.4, -0.2) is 51.5 Å². The number of hydrogen-bond acceptors (Lipinski definition) is 5. The van der Waals surface area contributed by atoms with E-state index in [0.717, 1.165) is 31.4 Å². The van der Waals surface area contributed by atoms with Crippen molar-refractivity contribution in [2.75, 3.05) is 38.2 Å². The number of halogens is 1. The van der Waals surface area contributed by atoms with Gasteiger partial charge in [-0.15, -0.1) is 0 Å². The molecule has 0 atom stereocenters. The number of sulfonamides is 1. The number of amides is 1. The van der Waals surface area contributed by atoms with Gasteiger partial charge in [-0.05, 0) is 60.7 Å². The fourth-order valence-electron chi connectivity index (χ4n) is 3.69. The van der Waals surface area contributed by atoms with Gasteiger partial charge in [-0.2, -0.15) is 4.31 Å². The average Bonchev–Trinajstić information content (AvgIpc) is 3.22. The van der Waals surface area contributed by atoms with E-state index in [1.807, 2.05) is 18.2 Å². The summed E-state index contributed by atoms with van der Waals surface area (Å²) < 4.78 is 51.6. The SMILES string of the molecule is O=C(COc1ccc2c(c1)CCC2)Nc1ccc(F)c(S(=O)(=O)N2CCOCC2)c1. The van der Waals surface area contributed by atoms with E-state index in [0.29, 0.717) is 5.75 Å². The van der Waals surface area contributed by atoms with Crippen LogP contribution >= 0.6 is 0 Å². The monoisotopic (exact) mass is 434 g/mol. The number of aryl methyl sites for hydroxylation is 2. The first kappa shape index (κ1) is 20.8. The Morgan fingerprint density at radius 1 is 1.10 bits per heavy atom. The Hall–Kier alpha value is -2.49. The number of morpholine rings is 1. The van der Waals surface area contributed by atoms with Crippen molar-refractivity contribution < 1.29 is 27.1 Å². The maximum Gasteiger partial charge on any atom is 0.262 e. The van der Waals surface area contributed by atoms with Crippen molar-refractivity contribution >= 4 is 21.6 Å². The van der Waals surface area contributed by atoms with Crippen molar-refractivity contribution in [3.8, 4) is 5.75 Å². The highest BCUT2D eigenvalue weighted by Crippen LogP contribution is 2.26. The molecule has 1 saturated heterocycles. The number of nitrogens with one attached hydrogen (secondary N) is 1. The first-order valence-corrected chi connectivity index (χ1v) is 11.3. The summed E-state index contributed by atoms with van der Waals surface area (Å²) in [5.41, 5.74) is 2.74. The maximum absolute atomic E-state index is 14.3. The van der Waals surface area contributed by atoms with Crippen LogP contribution in [0.2, 0.25) is 0 Å². The standard InChI is InChI=1S/C21H23FN2O5S/c22-19-7-5-17(13-20(19)30(26,27)24-8-10-28-11-9-24)23-21(25)14-29-18-6-4-15-2-1-3-16(15)12-18/h4-7,12-13H,1-3,8-11,14H2,(H,23,25). The Morgan fingerprint density at radius 3 is 2.67 bits per heavy atom. The van der Waals surface area contributed by atoms with Gasteiger partial charge in [0.1, 0.15) is 16.5 Å². The Balaban J connectivity index is 1.42. The van der Waals surface area contributed by atoms with E-state index >= 15 is 0 Å². The molecule has 0 saturated carbocycles. The molecule has 0 aromatic heterocycles. The van der Waals surface area contributed by atoms with Gasteiger partial charge in [-0.1, -0.05) is 6.07 Å². The van der Waals surface area contributed by atoms with E-state index in [1.54, 1.807) is 0 Å². The van der Waals surface area contributed by atoms with Gasteiger partial charge in [0.2, 0.25) is 10.0 Å². The molecule has 4 rings (SSSR count). The lowest BCUT2D eigenvalue weighted by atomic mass is 10.1. The van der Waals surface area contributed by atoms with Crippen molar-refractivity contribution in [2.24, 2.45) is 0 Å². The minimum atomic E-state index is -4.02. The molecular formula is C21H23FN2O5S. The van der Waals surface area contributed by atoms with Crippen LogP contribution in [-0.2, 0) is 32.4 Å². The van der Waals surface area contributed by atoms with Crippen LogP contribution in [0.25, 0.3) is 0 Å². The molecule has 30 heavy (non-hydrogen) atoms. The summed E-state index contributed by atoms with van der Waals surface area (Å²) in [6.07, 6.45) is 3.20. The molecule has 0 bridgehead atoms. The van der Waals surface area contributed by atoms with Crippen molar-refractivity contribution in [2.45, 2.75) is 24.2 Å². The van der Waals surface area contributed by atoms with E-state index in [4.69, 9.17) is 9.47 Å². The molecule has 1 fully saturated rings. The van der Waals surface area contributed by atoms with Gasteiger partial charge in [0, 0.05) is 18.8 Å². The third-order valence-electron chi connectivity index (χ3n) is 5.24. The lowest BCUT2D eigenvalue weighted by Gasteiger charge is -2.26. The summed E-state index contributed by atoms with van der Waals surface area (Å²) in [5.74, 6) is -0.716. The summed E-state index contributed by atoms with van der Waals surface area (Å²) in [5, 5.41) is 2.57. The molecule has 160 valence electrons. The Bertz CT molecular complexity index is 1050. The molecule has 0 radical (unpaired) electrons. The van der Waals surface area contributed by atoms with Gasteiger partial charge >= 0.3 is 0 Å². The van der Waals surface area contributed by atoms with Crippen LogP contribution < -0.4 is 10.1 Å². The van der Waals surface area contributed by atoms with Gasteiger partial charge in [-0.25, -0.2) is 12.8 Å². The Kier molecular flexibility index (Phi) is 6.03. The Labute approximate surface area is 174 Å². The summed E-state index contributed by atoms with van der Waals surface area (Å²) >= 11 is 0. The molecule has 1 amide bonds. The predicted molar refractivity (Wildman–Crippen MR) is 109 cm³/mol. The highest BCUT2D eigenvalue weighted by Gasteiger charge is 2.29. The highest BCUT2D eigenvalue weighted by atomic mass is 32.2. The van der Waals surface area contributed by atoms with Crippen LogP contribution in [0.15, 0.2) is 41.3 Å². The summed E-state index contributed by atoms with van der Waals surface area (Å²) in [6, 6.07) is 9.28. The number of anilines is 1. The zero-order valence-corrected chi connectivity index (χ0v) is 17.2. The smallest absolute Gasteiger partial charge is 0.262 e. The summed E-state index contributed by atoms with van der Waals surface area (Å²) in [6.45, 7) is 0.607. The normalized spacial score (nSPS) is 16.8. The van der Waals surface area contributed by atoms with Gasteiger partial charge in [0.25, 0.3) is 5.91 Å². The number of benzene rings is 2. The zero-order valence-electron chi connectivity index (χ0n) is 16.4. The van der Waals surface area contributed by atoms with Crippen molar-refractivity contribution in [3.63, 3.8) is 0 Å². The number of ether oxygens (including phenoxy) is 2. The van der Waals surface area contributed by atoms with Gasteiger partial charge in [0.15, 0.2) is 6.61 Å². The largest absolute Gasteiger partial charge is 0.484 e. The minimum Gasteiger partial charge on any atom is -0.484 e. The lowest BCUT2D eigenvalue weighted by molar-refractivity contribution is -0.118. The number of carbonyl (C=O) groups is 1. The minimum absolute atomic E-state index is 0.160. The molecule has 1 aliphatic heterocycles. The quantitative estimate of drug-likeness (QED) is 0.755.